The highest BCUT2D eigenvalue weighted by Crippen LogP contribution is 2.29. The summed E-state index contributed by atoms with van der Waals surface area (Å²) in [6, 6.07) is 0. The molecule has 0 aromatic rings. The van der Waals surface area contributed by atoms with E-state index in [2.05, 4.69) is 84.6 Å². The lowest BCUT2D eigenvalue weighted by Crippen LogP contribution is -2.05. The van der Waals surface area contributed by atoms with Crippen LogP contribution in [0.2, 0.25) is 0 Å². The minimum absolute atomic E-state index is 0.367. The molecule has 0 nitrogen and oxygen atoms in total. The zero-order valence-electron chi connectivity index (χ0n) is 14.0. The van der Waals surface area contributed by atoms with E-state index >= 15 is 0 Å². The summed E-state index contributed by atoms with van der Waals surface area (Å²) in [5.41, 5.74) is 5.37. The smallest absolute Gasteiger partial charge is 0.00661 e. The Morgan fingerprint density at radius 3 is 1.85 bits per heavy atom. The van der Waals surface area contributed by atoms with E-state index in [0.29, 0.717) is 5.92 Å². The quantitative estimate of drug-likeness (QED) is 0.459. The van der Waals surface area contributed by atoms with Crippen molar-refractivity contribution in [2.75, 3.05) is 0 Å². The first-order chi connectivity index (χ1) is 9.56. The molecule has 1 unspecified atom stereocenters. The zero-order valence-corrected chi connectivity index (χ0v) is 14.0. The van der Waals surface area contributed by atoms with Gasteiger partial charge in [-0.3, -0.25) is 0 Å². The lowest BCUT2D eigenvalue weighted by molar-refractivity contribution is 0.819. The predicted octanol–water partition coefficient (Wildman–Crippen LogP) is 6.56. The van der Waals surface area contributed by atoms with Gasteiger partial charge in [-0.2, -0.15) is 0 Å². The molecule has 0 N–H and O–H groups in total. The van der Waals surface area contributed by atoms with Gasteiger partial charge in [-0.1, -0.05) is 63.0 Å². The first kappa shape index (κ1) is 18.4. The average Bonchev–Trinajstić information content (AvgIpc) is 2.46. The highest BCUT2D eigenvalue weighted by atomic mass is 14.2. The van der Waals surface area contributed by atoms with Gasteiger partial charge >= 0.3 is 0 Å². The molecule has 0 saturated heterocycles. The van der Waals surface area contributed by atoms with Crippen LogP contribution >= 0.6 is 0 Å². The SMILES string of the molecule is C=C/C(C)=C(\C=C/C)C(C)C(/C=C\C)=C(/C=C\C)CC. The molecule has 0 aliphatic heterocycles. The van der Waals surface area contributed by atoms with Gasteiger partial charge in [-0.05, 0) is 56.4 Å². The molecule has 20 heavy (non-hydrogen) atoms. The molecule has 0 aliphatic rings. The van der Waals surface area contributed by atoms with Gasteiger partial charge in [0.1, 0.15) is 0 Å². The number of rotatable bonds is 7. The zero-order chi connectivity index (χ0) is 15.5. The summed E-state index contributed by atoms with van der Waals surface area (Å²) in [5, 5.41) is 0. The maximum absolute atomic E-state index is 3.91. The van der Waals surface area contributed by atoms with Crippen molar-refractivity contribution in [2.24, 2.45) is 5.92 Å². The summed E-state index contributed by atoms with van der Waals surface area (Å²) >= 11 is 0. The van der Waals surface area contributed by atoms with Crippen LogP contribution in [0.25, 0.3) is 0 Å². The molecule has 0 amide bonds. The van der Waals surface area contributed by atoms with Crippen molar-refractivity contribution in [3.63, 3.8) is 0 Å². The van der Waals surface area contributed by atoms with E-state index in [9.17, 15) is 0 Å². The molecule has 0 fully saturated rings. The Morgan fingerprint density at radius 1 is 0.950 bits per heavy atom. The fourth-order valence-electron chi connectivity index (χ4n) is 2.41. The third-order valence-corrected chi connectivity index (χ3v) is 3.51. The minimum Gasteiger partial charge on any atom is -0.0988 e. The summed E-state index contributed by atoms with van der Waals surface area (Å²) in [5.74, 6) is 0.367. The Bertz CT molecular complexity index is 450. The first-order valence-corrected chi connectivity index (χ1v) is 7.51. The Labute approximate surface area is 126 Å². The fourth-order valence-corrected chi connectivity index (χ4v) is 2.41. The highest BCUT2D eigenvalue weighted by Gasteiger charge is 2.14. The van der Waals surface area contributed by atoms with Crippen molar-refractivity contribution in [3.05, 3.63) is 71.4 Å². The largest absolute Gasteiger partial charge is 0.0988 e. The molecule has 0 aromatic heterocycles. The van der Waals surface area contributed by atoms with Crippen molar-refractivity contribution in [1.82, 2.24) is 0 Å². The van der Waals surface area contributed by atoms with Gasteiger partial charge < -0.3 is 0 Å². The van der Waals surface area contributed by atoms with E-state index in [1.54, 1.807) is 0 Å². The van der Waals surface area contributed by atoms with Crippen molar-refractivity contribution >= 4 is 0 Å². The van der Waals surface area contributed by atoms with Crippen LogP contribution in [-0.2, 0) is 0 Å². The molecular formula is C20H30. The molecule has 0 bridgehead atoms. The summed E-state index contributed by atoms with van der Waals surface area (Å²) in [7, 11) is 0. The van der Waals surface area contributed by atoms with Crippen LogP contribution in [0.1, 0.15) is 48.0 Å². The lowest BCUT2D eigenvalue weighted by Gasteiger charge is -2.20. The van der Waals surface area contributed by atoms with Crippen molar-refractivity contribution in [1.29, 1.82) is 0 Å². The standard InChI is InChI=1S/C20H30/c1-8-13-18(12-5)20(15-10-3)17(7)19(14-9-2)16(6)11-4/h8-11,13-15,17H,4,12H2,1-3,5-7H3/b13-8-,14-9-,15-10-,19-16+,20-18+. The van der Waals surface area contributed by atoms with E-state index in [-0.39, 0.29) is 0 Å². The van der Waals surface area contributed by atoms with Crippen LogP contribution < -0.4 is 0 Å². The van der Waals surface area contributed by atoms with Crippen LogP contribution in [0.4, 0.5) is 0 Å². The number of allylic oxidation sites excluding steroid dienone is 11. The highest BCUT2D eigenvalue weighted by molar-refractivity contribution is 5.44. The van der Waals surface area contributed by atoms with E-state index in [0.717, 1.165) is 6.42 Å². The van der Waals surface area contributed by atoms with E-state index < -0.39 is 0 Å². The van der Waals surface area contributed by atoms with E-state index in [4.69, 9.17) is 0 Å². The topological polar surface area (TPSA) is 0 Å². The Kier molecular flexibility index (Phi) is 9.45. The molecule has 1 atom stereocenters. The Morgan fingerprint density at radius 2 is 1.45 bits per heavy atom. The molecule has 0 aliphatic carbocycles. The van der Waals surface area contributed by atoms with Gasteiger partial charge in [0, 0.05) is 5.92 Å². The van der Waals surface area contributed by atoms with Crippen LogP contribution in [0.15, 0.2) is 71.4 Å². The van der Waals surface area contributed by atoms with Gasteiger partial charge in [-0.15, -0.1) is 0 Å². The third kappa shape index (κ3) is 5.21. The van der Waals surface area contributed by atoms with Gasteiger partial charge in [0.2, 0.25) is 0 Å². The van der Waals surface area contributed by atoms with Crippen LogP contribution in [0.5, 0.6) is 0 Å². The molecule has 0 heteroatoms. The minimum atomic E-state index is 0.367. The molecule has 0 radical (unpaired) electrons. The van der Waals surface area contributed by atoms with Crippen molar-refractivity contribution in [3.8, 4) is 0 Å². The van der Waals surface area contributed by atoms with E-state index in [1.807, 2.05) is 6.08 Å². The van der Waals surface area contributed by atoms with Gasteiger partial charge in [0.15, 0.2) is 0 Å². The fraction of sp³-hybridized carbons (Fsp3) is 0.400. The molecule has 0 aromatic carbocycles. The molecule has 0 heterocycles. The van der Waals surface area contributed by atoms with Crippen molar-refractivity contribution < 1.29 is 0 Å². The molecular weight excluding hydrogens is 240 g/mol. The van der Waals surface area contributed by atoms with Crippen LogP contribution in [-0.4, -0.2) is 0 Å². The van der Waals surface area contributed by atoms with Crippen LogP contribution in [0, 0.1) is 5.92 Å². The number of hydrogen-bond acceptors (Lipinski definition) is 0. The van der Waals surface area contributed by atoms with Crippen LogP contribution in [0.3, 0.4) is 0 Å². The molecule has 0 rings (SSSR count). The second-order valence-corrected chi connectivity index (χ2v) is 4.90. The number of hydrogen-bond donors (Lipinski definition) is 0. The van der Waals surface area contributed by atoms with Gasteiger partial charge in [0.25, 0.3) is 0 Å². The second-order valence-electron chi connectivity index (χ2n) is 4.90. The Hall–Kier alpha value is -1.56. The summed E-state index contributed by atoms with van der Waals surface area (Å²) in [4.78, 5) is 0. The van der Waals surface area contributed by atoms with Gasteiger partial charge in [0.05, 0.1) is 0 Å². The van der Waals surface area contributed by atoms with Crippen molar-refractivity contribution in [2.45, 2.75) is 48.0 Å². The lowest BCUT2D eigenvalue weighted by atomic mass is 9.85. The normalized spacial score (nSPS) is 16.7. The maximum Gasteiger partial charge on any atom is 0.00661 e. The predicted molar refractivity (Wildman–Crippen MR) is 93.8 cm³/mol. The summed E-state index contributed by atoms with van der Waals surface area (Å²) in [6.07, 6.45) is 16.0. The summed E-state index contributed by atoms with van der Waals surface area (Å²) in [6.45, 7) is 16.8. The summed E-state index contributed by atoms with van der Waals surface area (Å²) < 4.78 is 0. The average molecular weight is 270 g/mol. The molecule has 0 spiro atoms. The third-order valence-electron chi connectivity index (χ3n) is 3.51. The van der Waals surface area contributed by atoms with Gasteiger partial charge in [-0.25, -0.2) is 0 Å². The maximum atomic E-state index is 3.91. The second kappa shape index (κ2) is 10.3. The Balaban J connectivity index is 6.01. The van der Waals surface area contributed by atoms with E-state index in [1.165, 1.54) is 22.3 Å². The first-order valence-electron chi connectivity index (χ1n) is 7.51. The molecule has 110 valence electrons. The molecule has 0 saturated carbocycles. The monoisotopic (exact) mass is 270 g/mol.